The van der Waals surface area contributed by atoms with Gasteiger partial charge < -0.3 is 4.74 Å². The zero-order valence-electron chi connectivity index (χ0n) is 8.57. The van der Waals surface area contributed by atoms with Gasteiger partial charge in [0.05, 0.1) is 7.11 Å². The van der Waals surface area contributed by atoms with Gasteiger partial charge in [-0.25, -0.2) is 0 Å². The van der Waals surface area contributed by atoms with Gasteiger partial charge in [0.1, 0.15) is 5.75 Å². The Morgan fingerprint density at radius 3 is 2.73 bits per heavy atom. The molecule has 1 heterocycles. The minimum absolute atomic E-state index is 0.869. The van der Waals surface area contributed by atoms with Crippen molar-refractivity contribution in [3.05, 3.63) is 47.2 Å². The fourth-order valence-electron chi connectivity index (χ4n) is 1.45. The number of methoxy groups -OCH3 is 1. The molecular weight excluding hydrogens is 204 g/mol. The third-order valence-electron chi connectivity index (χ3n) is 2.25. The van der Waals surface area contributed by atoms with E-state index in [9.17, 15) is 0 Å². The third-order valence-corrected chi connectivity index (χ3v) is 2.94. The maximum absolute atomic E-state index is 5.25. The standard InChI is InChI=1S/C13H12OS/c1-3-10-6-12(8-13(7-10)14-2)11-4-5-15-9-11/h3-9H,1H2,2H3. The summed E-state index contributed by atoms with van der Waals surface area (Å²) in [6, 6.07) is 8.22. The zero-order valence-corrected chi connectivity index (χ0v) is 9.38. The van der Waals surface area contributed by atoms with E-state index in [0.29, 0.717) is 0 Å². The van der Waals surface area contributed by atoms with Gasteiger partial charge in [-0.2, -0.15) is 11.3 Å². The molecule has 0 radical (unpaired) electrons. The van der Waals surface area contributed by atoms with Gasteiger partial charge in [0.25, 0.3) is 0 Å². The number of ether oxygens (including phenoxy) is 1. The second-order valence-corrected chi connectivity index (χ2v) is 3.99. The molecule has 0 aliphatic rings. The van der Waals surface area contributed by atoms with Crippen LogP contribution in [-0.2, 0) is 0 Å². The highest BCUT2D eigenvalue weighted by Gasteiger charge is 2.02. The molecular formula is C13H12OS. The SMILES string of the molecule is C=Cc1cc(OC)cc(-c2ccsc2)c1. The predicted molar refractivity (Wildman–Crippen MR) is 66.4 cm³/mol. The highest BCUT2D eigenvalue weighted by molar-refractivity contribution is 7.08. The number of hydrogen-bond acceptors (Lipinski definition) is 2. The van der Waals surface area contributed by atoms with E-state index in [4.69, 9.17) is 4.74 Å². The Bertz CT molecular complexity index is 457. The van der Waals surface area contributed by atoms with Gasteiger partial charge >= 0.3 is 0 Å². The molecule has 0 amide bonds. The molecule has 1 aromatic heterocycles. The molecule has 0 spiro atoms. The third kappa shape index (κ3) is 2.10. The van der Waals surface area contributed by atoms with Crippen molar-refractivity contribution >= 4 is 17.4 Å². The lowest BCUT2D eigenvalue weighted by Gasteiger charge is -2.05. The molecule has 0 atom stereocenters. The number of hydrogen-bond donors (Lipinski definition) is 0. The Morgan fingerprint density at radius 2 is 2.13 bits per heavy atom. The van der Waals surface area contributed by atoms with E-state index in [1.807, 2.05) is 18.2 Å². The fourth-order valence-corrected chi connectivity index (χ4v) is 2.12. The Morgan fingerprint density at radius 1 is 1.27 bits per heavy atom. The molecule has 76 valence electrons. The minimum Gasteiger partial charge on any atom is -0.497 e. The van der Waals surface area contributed by atoms with Crippen molar-refractivity contribution in [3.8, 4) is 16.9 Å². The van der Waals surface area contributed by atoms with Gasteiger partial charge in [0.15, 0.2) is 0 Å². The summed E-state index contributed by atoms with van der Waals surface area (Å²) in [4.78, 5) is 0. The van der Waals surface area contributed by atoms with Crippen LogP contribution < -0.4 is 4.74 Å². The quantitative estimate of drug-likeness (QED) is 0.751. The van der Waals surface area contributed by atoms with Crippen LogP contribution in [0.3, 0.4) is 0 Å². The zero-order chi connectivity index (χ0) is 10.7. The summed E-state index contributed by atoms with van der Waals surface area (Å²) in [5.74, 6) is 0.869. The van der Waals surface area contributed by atoms with E-state index in [1.54, 1.807) is 18.4 Å². The average molecular weight is 216 g/mol. The lowest BCUT2D eigenvalue weighted by molar-refractivity contribution is 0.415. The summed E-state index contributed by atoms with van der Waals surface area (Å²) in [6.45, 7) is 3.78. The Balaban J connectivity index is 2.52. The minimum atomic E-state index is 0.869. The van der Waals surface area contributed by atoms with Crippen LogP contribution in [-0.4, -0.2) is 7.11 Å². The van der Waals surface area contributed by atoms with Crippen molar-refractivity contribution in [2.45, 2.75) is 0 Å². The van der Waals surface area contributed by atoms with Gasteiger partial charge in [0, 0.05) is 0 Å². The molecule has 1 aromatic carbocycles. The topological polar surface area (TPSA) is 9.23 Å². The molecule has 1 nitrogen and oxygen atoms in total. The van der Waals surface area contributed by atoms with E-state index in [0.717, 1.165) is 11.3 Å². The van der Waals surface area contributed by atoms with Gasteiger partial charge in [-0.1, -0.05) is 12.7 Å². The van der Waals surface area contributed by atoms with Gasteiger partial charge in [-0.3, -0.25) is 0 Å². The Kier molecular flexibility index (Phi) is 2.88. The van der Waals surface area contributed by atoms with Crippen LogP contribution in [0.4, 0.5) is 0 Å². The van der Waals surface area contributed by atoms with Crippen LogP contribution in [0.5, 0.6) is 5.75 Å². The highest BCUT2D eigenvalue weighted by Crippen LogP contribution is 2.27. The molecule has 0 unspecified atom stereocenters. The Hall–Kier alpha value is -1.54. The summed E-state index contributed by atoms with van der Waals surface area (Å²) in [7, 11) is 1.68. The molecule has 0 aliphatic heterocycles. The van der Waals surface area contributed by atoms with Crippen molar-refractivity contribution in [3.63, 3.8) is 0 Å². The first-order valence-electron chi connectivity index (χ1n) is 4.67. The molecule has 0 saturated heterocycles. The maximum atomic E-state index is 5.25. The van der Waals surface area contributed by atoms with Crippen molar-refractivity contribution in [2.24, 2.45) is 0 Å². The van der Waals surface area contributed by atoms with Crippen LogP contribution >= 0.6 is 11.3 Å². The summed E-state index contributed by atoms with van der Waals surface area (Å²) in [5, 5.41) is 4.20. The summed E-state index contributed by atoms with van der Waals surface area (Å²) in [5.41, 5.74) is 3.48. The highest BCUT2D eigenvalue weighted by atomic mass is 32.1. The monoisotopic (exact) mass is 216 g/mol. The number of thiophene rings is 1. The molecule has 0 aliphatic carbocycles. The van der Waals surface area contributed by atoms with Crippen molar-refractivity contribution in [1.29, 1.82) is 0 Å². The van der Waals surface area contributed by atoms with Gasteiger partial charge in [-0.15, -0.1) is 0 Å². The normalized spacial score (nSPS) is 9.93. The second-order valence-electron chi connectivity index (χ2n) is 3.21. The maximum Gasteiger partial charge on any atom is 0.120 e. The molecule has 0 saturated carbocycles. The van der Waals surface area contributed by atoms with E-state index in [-0.39, 0.29) is 0 Å². The Labute approximate surface area is 93.6 Å². The summed E-state index contributed by atoms with van der Waals surface area (Å²) >= 11 is 1.69. The van der Waals surface area contributed by atoms with Crippen LogP contribution in [0.25, 0.3) is 17.2 Å². The van der Waals surface area contributed by atoms with Crippen molar-refractivity contribution in [2.75, 3.05) is 7.11 Å². The van der Waals surface area contributed by atoms with Crippen molar-refractivity contribution in [1.82, 2.24) is 0 Å². The van der Waals surface area contributed by atoms with E-state index < -0.39 is 0 Å². The smallest absolute Gasteiger partial charge is 0.120 e. The number of benzene rings is 1. The molecule has 0 N–H and O–H groups in total. The van der Waals surface area contributed by atoms with Crippen LogP contribution in [0.2, 0.25) is 0 Å². The average Bonchev–Trinajstić information content (AvgIpc) is 2.81. The van der Waals surface area contributed by atoms with Crippen molar-refractivity contribution < 1.29 is 4.74 Å². The summed E-state index contributed by atoms with van der Waals surface area (Å²) < 4.78 is 5.25. The molecule has 0 bridgehead atoms. The van der Waals surface area contributed by atoms with Gasteiger partial charge in [-0.05, 0) is 51.7 Å². The van der Waals surface area contributed by atoms with Crippen LogP contribution in [0.1, 0.15) is 5.56 Å². The fraction of sp³-hybridized carbons (Fsp3) is 0.0769. The largest absolute Gasteiger partial charge is 0.497 e. The van der Waals surface area contributed by atoms with Crippen LogP contribution in [0.15, 0.2) is 41.6 Å². The van der Waals surface area contributed by atoms with E-state index >= 15 is 0 Å². The summed E-state index contributed by atoms with van der Waals surface area (Å²) in [6.07, 6.45) is 1.83. The molecule has 15 heavy (non-hydrogen) atoms. The van der Waals surface area contributed by atoms with Crippen LogP contribution in [0, 0.1) is 0 Å². The lowest BCUT2D eigenvalue weighted by Crippen LogP contribution is -1.85. The molecule has 2 rings (SSSR count). The first-order valence-corrected chi connectivity index (χ1v) is 5.62. The first-order chi connectivity index (χ1) is 7.33. The lowest BCUT2D eigenvalue weighted by atomic mass is 10.1. The van der Waals surface area contributed by atoms with Gasteiger partial charge in [0.2, 0.25) is 0 Å². The van der Waals surface area contributed by atoms with E-state index in [2.05, 4.69) is 29.5 Å². The number of rotatable bonds is 3. The van der Waals surface area contributed by atoms with E-state index in [1.165, 1.54) is 11.1 Å². The predicted octanol–water partition coefficient (Wildman–Crippen LogP) is 4.07. The molecule has 0 fully saturated rings. The first kappa shape index (κ1) is 9.99. The molecule has 2 heteroatoms. The second kappa shape index (κ2) is 4.32. The molecule has 2 aromatic rings.